The highest BCUT2D eigenvalue weighted by molar-refractivity contribution is 5.90. The van der Waals surface area contributed by atoms with E-state index < -0.39 is 17.0 Å². The molecule has 1 saturated carbocycles. The van der Waals surface area contributed by atoms with Gasteiger partial charge >= 0.3 is 0 Å². The first-order chi connectivity index (χ1) is 13.1. The number of nitrogens with zero attached hydrogens (tertiary/aromatic N) is 3. The van der Waals surface area contributed by atoms with Crippen LogP contribution in [0.1, 0.15) is 56.7 Å². The molecular weight excluding hydrogens is 348 g/mol. The third-order valence-electron chi connectivity index (χ3n) is 6.00. The number of aromatic nitrogens is 2. The Morgan fingerprint density at radius 3 is 2.52 bits per heavy atom. The maximum atomic E-state index is 14.1. The SMILES string of the molecule is CC.O=C(N1CCC1)[C@@]12CC[C@@H](C1)c1cc(-c3c(F)cccc3F)nnc12. The maximum absolute atomic E-state index is 14.1. The molecule has 4 nitrogen and oxygen atoms in total. The van der Waals surface area contributed by atoms with Crippen LogP contribution in [0.2, 0.25) is 0 Å². The Morgan fingerprint density at radius 2 is 1.89 bits per heavy atom. The zero-order valence-electron chi connectivity index (χ0n) is 15.6. The topological polar surface area (TPSA) is 46.1 Å². The molecule has 1 amide bonds. The Morgan fingerprint density at radius 1 is 1.19 bits per heavy atom. The number of hydrogen-bond donors (Lipinski definition) is 0. The molecule has 2 aromatic rings. The van der Waals surface area contributed by atoms with Crippen LogP contribution >= 0.6 is 0 Å². The minimum Gasteiger partial charge on any atom is -0.342 e. The summed E-state index contributed by atoms with van der Waals surface area (Å²) in [5.41, 5.74) is 1.14. The fourth-order valence-electron chi connectivity index (χ4n) is 4.60. The van der Waals surface area contributed by atoms with Gasteiger partial charge in [-0.05, 0) is 55.4 Å². The van der Waals surface area contributed by atoms with Crippen LogP contribution in [0.5, 0.6) is 0 Å². The summed E-state index contributed by atoms with van der Waals surface area (Å²) in [5, 5.41) is 8.39. The van der Waals surface area contributed by atoms with Gasteiger partial charge in [-0.1, -0.05) is 19.9 Å². The van der Waals surface area contributed by atoms with Crippen molar-refractivity contribution in [1.82, 2.24) is 15.1 Å². The van der Waals surface area contributed by atoms with Gasteiger partial charge in [0.15, 0.2) is 0 Å². The molecule has 2 heterocycles. The van der Waals surface area contributed by atoms with E-state index in [1.54, 1.807) is 6.07 Å². The van der Waals surface area contributed by atoms with Crippen LogP contribution in [0, 0.1) is 11.6 Å². The molecule has 142 valence electrons. The van der Waals surface area contributed by atoms with Crippen LogP contribution < -0.4 is 0 Å². The monoisotopic (exact) mass is 371 g/mol. The van der Waals surface area contributed by atoms with E-state index in [-0.39, 0.29) is 23.1 Å². The van der Waals surface area contributed by atoms with Crippen LogP contribution in [0.15, 0.2) is 24.3 Å². The van der Waals surface area contributed by atoms with Gasteiger partial charge in [-0.2, -0.15) is 5.10 Å². The molecular formula is C21H23F2N3O. The summed E-state index contributed by atoms with van der Waals surface area (Å²) >= 11 is 0. The van der Waals surface area contributed by atoms with Gasteiger partial charge in [0, 0.05) is 13.1 Å². The van der Waals surface area contributed by atoms with Crippen molar-refractivity contribution in [2.24, 2.45) is 0 Å². The van der Waals surface area contributed by atoms with Crippen molar-refractivity contribution in [2.75, 3.05) is 13.1 Å². The Kier molecular flexibility index (Phi) is 4.44. The lowest BCUT2D eigenvalue weighted by molar-refractivity contribution is -0.140. The predicted octanol–water partition coefficient (Wildman–Crippen LogP) is 4.20. The van der Waals surface area contributed by atoms with Crippen molar-refractivity contribution >= 4 is 5.91 Å². The highest BCUT2D eigenvalue weighted by atomic mass is 19.1. The maximum Gasteiger partial charge on any atom is 0.234 e. The lowest BCUT2D eigenvalue weighted by Crippen LogP contribution is -2.51. The standard InChI is InChI=1S/C19H17F2N3O.C2H6/c20-13-3-1-4-14(21)16(13)15-9-12-11-5-6-19(10-11,17(12)23-22-15)18(25)24-7-2-8-24;1-2/h1,3-4,9,11H,2,5-8,10H2;1-2H3/t11-,19-;/m0./s1. The van der Waals surface area contributed by atoms with E-state index in [0.29, 0.717) is 0 Å². The largest absolute Gasteiger partial charge is 0.342 e. The van der Waals surface area contributed by atoms with E-state index in [2.05, 4.69) is 10.2 Å². The molecule has 0 N–H and O–H groups in total. The molecule has 0 unspecified atom stereocenters. The zero-order valence-corrected chi connectivity index (χ0v) is 15.6. The van der Waals surface area contributed by atoms with Crippen molar-refractivity contribution in [3.8, 4) is 11.3 Å². The first kappa shape index (κ1) is 18.0. The molecule has 1 aliphatic heterocycles. The second kappa shape index (κ2) is 6.66. The van der Waals surface area contributed by atoms with Crippen molar-refractivity contribution in [2.45, 2.75) is 50.9 Å². The summed E-state index contributed by atoms with van der Waals surface area (Å²) in [5.74, 6) is -0.920. The Balaban J connectivity index is 0.000000872. The Labute approximate surface area is 157 Å². The average Bonchev–Trinajstić information content (AvgIpc) is 3.20. The van der Waals surface area contributed by atoms with Crippen LogP contribution in [-0.2, 0) is 10.2 Å². The molecule has 27 heavy (non-hydrogen) atoms. The van der Waals surface area contributed by atoms with E-state index in [9.17, 15) is 13.6 Å². The van der Waals surface area contributed by atoms with Crippen LogP contribution in [0.3, 0.4) is 0 Å². The highest BCUT2D eigenvalue weighted by Crippen LogP contribution is 2.57. The van der Waals surface area contributed by atoms with E-state index in [1.165, 1.54) is 18.2 Å². The highest BCUT2D eigenvalue weighted by Gasteiger charge is 2.57. The molecule has 2 aliphatic carbocycles. The molecule has 1 aromatic heterocycles. The first-order valence-electron chi connectivity index (χ1n) is 9.72. The van der Waals surface area contributed by atoms with Gasteiger partial charge < -0.3 is 4.90 Å². The lowest BCUT2D eigenvalue weighted by atomic mass is 9.81. The summed E-state index contributed by atoms with van der Waals surface area (Å²) in [6, 6.07) is 5.50. The first-order valence-corrected chi connectivity index (χ1v) is 9.72. The number of carbonyl (C=O) groups is 1. The molecule has 0 spiro atoms. The number of halogens is 2. The van der Waals surface area contributed by atoms with Crippen LogP contribution in [-0.4, -0.2) is 34.1 Å². The van der Waals surface area contributed by atoms with Crippen molar-refractivity contribution in [3.63, 3.8) is 0 Å². The molecule has 5 rings (SSSR count). The minimum atomic E-state index is -0.649. The Bertz CT molecular complexity index is 877. The van der Waals surface area contributed by atoms with Gasteiger partial charge in [0.1, 0.15) is 11.6 Å². The summed E-state index contributed by atoms with van der Waals surface area (Å²) in [6.07, 6.45) is 3.50. The van der Waals surface area contributed by atoms with E-state index in [4.69, 9.17) is 0 Å². The molecule has 6 heteroatoms. The summed E-state index contributed by atoms with van der Waals surface area (Å²) in [7, 11) is 0. The minimum absolute atomic E-state index is 0.149. The fourth-order valence-corrected chi connectivity index (χ4v) is 4.60. The van der Waals surface area contributed by atoms with Crippen molar-refractivity contribution < 1.29 is 13.6 Å². The van der Waals surface area contributed by atoms with Gasteiger partial charge in [-0.3, -0.25) is 4.79 Å². The molecule has 1 saturated heterocycles. The molecule has 2 bridgehead atoms. The van der Waals surface area contributed by atoms with Gasteiger partial charge in [-0.15, -0.1) is 5.10 Å². The van der Waals surface area contributed by atoms with Gasteiger partial charge in [-0.25, -0.2) is 8.78 Å². The van der Waals surface area contributed by atoms with Crippen LogP contribution in [0.4, 0.5) is 8.78 Å². The fraction of sp³-hybridized carbons (Fsp3) is 0.476. The number of rotatable bonds is 2. The summed E-state index contributed by atoms with van der Waals surface area (Å²) in [6.45, 7) is 5.62. The van der Waals surface area contributed by atoms with E-state index in [1.807, 2.05) is 18.7 Å². The van der Waals surface area contributed by atoms with E-state index in [0.717, 1.165) is 50.0 Å². The number of fused-ring (bicyclic) bond motifs is 5. The molecule has 1 aromatic carbocycles. The third-order valence-corrected chi connectivity index (χ3v) is 6.00. The molecule has 2 atom stereocenters. The van der Waals surface area contributed by atoms with Gasteiger partial charge in [0.25, 0.3) is 0 Å². The molecule has 2 fully saturated rings. The average molecular weight is 371 g/mol. The normalized spacial score (nSPS) is 24.7. The smallest absolute Gasteiger partial charge is 0.234 e. The number of benzene rings is 1. The lowest BCUT2D eigenvalue weighted by Gasteiger charge is -2.38. The summed E-state index contributed by atoms with van der Waals surface area (Å²) < 4.78 is 28.1. The third kappa shape index (κ3) is 2.57. The molecule has 3 aliphatic rings. The van der Waals surface area contributed by atoms with Crippen LogP contribution in [0.25, 0.3) is 11.3 Å². The molecule has 0 radical (unpaired) electrons. The summed E-state index contributed by atoms with van der Waals surface area (Å²) in [4.78, 5) is 14.9. The quantitative estimate of drug-likeness (QED) is 0.795. The second-order valence-electron chi connectivity index (χ2n) is 7.30. The second-order valence-corrected chi connectivity index (χ2v) is 7.30. The number of amides is 1. The number of carbonyl (C=O) groups excluding carboxylic acids is 1. The van der Waals surface area contributed by atoms with Gasteiger partial charge in [0.2, 0.25) is 5.91 Å². The Hall–Kier alpha value is -2.37. The number of hydrogen-bond acceptors (Lipinski definition) is 3. The van der Waals surface area contributed by atoms with Crippen molar-refractivity contribution in [1.29, 1.82) is 0 Å². The predicted molar refractivity (Wildman–Crippen MR) is 98.2 cm³/mol. The van der Waals surface area contributed by atoms with Gasteiger partial charge in [0.05, 0.1) is 22.4 Å². The van der Waals surface area contributed by atoms with E-state index >= 15 is 0 Å². The number of likely N-dealkylation sites (tertiary alicyclic amines) is 1. The van der Waals surface area contributed by atoms with Crippen molar-refractivity contribution in [3.05, 3.63) is 47.2 Å². The zero-order chi connectivity index (χ0) is 19.2.